The first kappa shape index (κ1) is 24.5. The summed E-state index contributed by atoms with van der Waals surface area (Å²) in [6.07, 6.45) is -0.532. The fourth-order valence-electron chi connectivity index (χ4n) is 3.88. The van der Waals surface area contributed by atoms with Gasteiger partial charge in [0.2, 0.25) is 5.91 Å². The van der Waals surface area contributed by atoms with E-state index in [0.29, 0.717) is 31.6 Å². The molecule has 0 aromatic heterocycles. The third-order valence-electron chi connectivity index (χ3n) is 5.75. The number of benzene rings is 1. The molecular weight excluding hydrogens is 455 g/mol. The topological polar surface area (TPSA) is 143 Å². The molecule has 12 heteroatoms. The van der Waals surface area contributed by atoms with Gasteiger partial charge in [0.25, 0.3) is 10.1 Å². The van der Waals surface area contributed by atoms with Gasteiger partial charge in [-0.2, -0.15) is 13.7 Å². The minimum atomic E-state index is -3.94. The maximum Gasteiger partial charge on any atom is 0.414 e. The lowest BCUT2D eigenvalue weighted by molar-refractivity contribution is -0.121. The van der Waals surface area contributed by atoms with E-state index >= 15 is 0 Å². The number of hydrogen-bond acceptors (Lipinski definition) is 8. The zero-order valence-corrected chi connectivity index (χ0v) is 18.9. The van der Waals surface area contributed by atoms with Crippen LogP contribution in [0.5, 0.6) is 0 Å². The predicted octanol–water partition coefficient (Wildman–Crippen LogP) is 1.87. The Labute approximate surface area is 191 Å². The molecular formula is C21H25FN4O6S. The second-order valence-corrected chi connectivity index (χ2v) is 9.87. The first-order valence-electron chi connectivity index (χ1n) is 10.3. The number of hydrogen-bond donors (Lipinski definition) is 1. The number of carbonyl (C=O) groups excluding carboxylic acids is 2. The zero-order chi connectivity index (χ0) is 24.3. The molecule has 0 spiro atoms. The summed E-state index contributed by atoms with van der Waals surface area (Å²) in [6, 6.07) is 6.27. The summed E-state index contributed by atoms with van der Waals surface area (Å²) in [6.45, 7) is 5.14. The van der Waals surface area contributed by atoms with E-state index in [1.165, 1.54) is 17.9 Å². The van der Waals surface area contributed by atoms with E-state index in [4.69, 9.17) is 19.9 Å². The highest BCUT2D eigenvalue weighted by molar-refractivity contribution is 7.90. The van der Waals surface area contributed by atoms with Crippen molar-refractivity contribution < 1.29 is 31.3 Å². The number of allylic oxidation sites excluding steroid dienone is 1. The molecule has 2 aliphatic heterocycles. The van der Waals surface area contributed by atoms with E-state index in [0.717, 1.165) is 0 Å². The van der Waals surface area contributed by atoms with Crippen molar-refractivity contribution in [2.45, 2.75) is 25.9 Å². The number of ether oxygens (including phenoxy) is 1. The molecule has 0 bridgehead atoms. The van der Waals surface area contributed by atoms with Crippen molar-refractivity contribution in [2.24, 2.45) is 17.6 Å². The molecule has 33 heavy (non-hydrogen) atoms. The maximum atomic E-state index is 14.9. The van der Waals surface area contributed by atoms with Crippen molar-refractivity contribution >= 4 is 33.5 Å². The molecule has 10 nitrogen and oxygen atoms in total. The Kier molecular flexibility index (Phi) is 7.24. The maximum absolute atomic E-state index is 14.9. The van der Waals surface area contributed by atoms with Gasteiger partial charge in [0.1, 0.15) is 24.4 Å². The van der Waals surface area contributed by atoms with E-state index < -0.39 is 40.0 Å². The normalized spacial score (nSPS) is 20.3. The van der Waals surface area contributed by atoms with Crippen LogP contribution >= 0.6 is 0 Å². The molecule has 0 saturated carbocycles. The second-order valence-electron chi connectivity index (χ2n) is 8.03. The largest absolute Gasteiger partial charge is 0.441 e. The molecule has 3 rings (SSSR count). The summed E-state index contributed by atoms with van der Waals surface area (Å²) in [4.78, 5) is 26.5. The lowest BCUT2D eigenvalue weighted by atomic mass is 9.84. The van der Waals surface area contributed by atoms with Crippen molar-refractivity contribution in [1.82, 2.24) is 0 Å². The number of rotatable bonds is 8. The second kappa shape index (κ2) is 9.76. The van der Waals surface area contributed by atoms with Gasteiger partial charge in [0.15, 0.2) is 0 Å². The zero-order valence-electron chi connectivity index (χ0n) is 18.1. The first-order chi connectivity index (χ1) is 15.5. The molecule has 2 fully saturated rings. The average Bonchev–Trinajstić information content (AvgIpc) is 3.13. The number of halogens is 1. The van der Waals surface area contributed by atoms with Gasteiger partial charge in [-0.15, -0.1) is 0 Å². The number of nitrogens with two attached hydrogens (primary N) is 1. The Morgan fingerprint density at radius 1 is 1.42 bits per heavy atom. The SMILES string of the molecule is C=C(C)S(=O)(=O)OC[C@H]1CN(c2ccc(N3CCC(C(C#N)C(N)=O)CC3)c(F)c2)C(=O)O1. The third-order valence-corrected chi connectivity index (χ3v) is 7.05. The molecule has 1 unspecified atom stereocenters. The van der Waals surface area contributed by atoms with Crippen LogP contribution in [0.15, 0.2) is 29.7 Å². The number of anilines is 2. The average molecular weight is 481 g/mol. The van der Waals surface area contributed by atoms with Crippen LogP contribution in [0.4, 0.5) is 20.6 Å². The van der Waals surface area contributed by atoms with Crippen LogP contribution in [-0.4, -0.2) is 52.8 Å². The standard InChI is InChI=1S/C21H25FN4O6S/c1-13(2)33(29,30)31-12-16-11-26(21(28)32-16)15-3-4-19(18(22)9-15)25-7-5-14(6-8-25)17(10-23)20(24)27/h3-4,9,14,16-17H,1,5-8,11-12H2,2H3,(H2,24,27)/t16-,17?/m1/s1. The van der Waals surface area contributed by atoms with Gasteiger partial charge in [0, 0.05) is 13.1 Å². The third kappa shape index (κ3) is 5.43. The molecule has 1 aromatic carbocycles. The molecule has 2 amide bonds. The van der Waals surface area contributed by atoms with Crippen molar-refractivity contribution in [1.29, 1.82) is 5.26 Å². The molecule has 0 radical (unpaired) electrons. The minimum absolute atomic E-state index is 0.00259. The van der Waals surface area contributed by atoms with Gasteiger partial charge in [-0.05, 0) is 43.9 Å². The quantitative estimate of drug-likeness (QED) is 0.556. The Hall–Kier alpha value is -3.17. The van der Waals surface area contributed by atoms with Crippen LogP contribution in [-0.2, 0) is 23.8 Å². The fourth-order valence-corrected chi connectivity index (χ4v) is 4.41. The van der Waals surface area contributed by atoms with Gasteiger partial charge < -0.3 is 15.4 Å². The highest BCUT2D eigenvalue weighted by Gasteiger charge is 2.35. The molecule has 1 aromatic rings. The van der Waals surface area contributed by atoms with Crippen LogP contribution in [0.25, 0.3) is 0 Å². The molecule has 2 aliphatic rings. The van der Waals surface area contributed by atoms with Crippen LogP contribution in [0.2, 0.25) is 0 Å². The summed E-state index contributed by atoms with van der Waals surface area (Å²) in [7, 11) is -3.94. The van der Waals surface area contributed by atoms with E-state index in [-0.39, 0.29) is 29.7 Å². The van der Waals surface area contributed by atoms with Crippen LogP contribution in [0.3, 0.4) is 0 Å². The van der Waals surface area contributed by atoms with Crippen LogP contribution in [0.1, 0.15) is 19.8 Å². The van der Waals surface area contributed by atoms with E-state index in [1.54, 1.807) is 12.1 Å². The number of nitriles is 1. The van der Waals surface area contributed by atoms with Crippen molar-refractivity contribution in [3.05, 3.63) is 35.5 Å². The molecule has 2 saturated heterocycles. The lowest BCUT2D eigenvalue weighted by Gasteiger charge is -2.35. The number of primary amides is 1. The van der Waals surface area contributed by atoms with Crippen LogP contribution in [0, 0.1) is 29.0 Å². The minimum Gasteiger partial charge on any atom is -0.441 e. The summed E-state index contributed by atoms with van der Waals surface area (Å²) in [5, 5.41) is 9.14. The smallest absolute Gasteiger partial charge is 0.414 e. The molecule has 178 valence electrons. The molecule has 2 N–H and O–H groups in total. The van der Waals surface area contributed by atoms with Gasteiger partial charge in [-0.3, -0.25) is 13.9 Å². The Morgan fingerprint density at radius 3 is 2.64 bits per heavy atom. The summed E-state index contributed by atoms with van der Waals surface area (Å²) in [5.74, 6) is -2.22. The fraction of sp³-hybridized carbons (Fsp3) is 0.476. The predicted molar refractivity (Wildman–Crippen MR) is 117 cm³/mol. The highest BCUT2D eigenvalue weighted by atomic mass is 32.2. The molecule has 2 heterocycles. The van der Waals surface area contributed by atoms with Gasteiger partial charge >= 0.3 is 6.09 Å². The molecule has 2 atom stereocenters. The number of piperidine rings is 1. The van der Waals surface area contributed by atoms with Crippen molar-refractivity contribution in [3.63, 3.8) is 0 Å². The van der Waals surface area contributed by atoms with Gasteiger partial charge in [-0.1, -0.05) is 6.58 Å². The summed E-state index contributed by atoms with van der Waals surface area (Å²) < 4.78 is 48.2. The van der Waals surface area contributed by atoms with E-state index in [2.05, 4.69) is 6.58 Å². The van der Waals surface area contributed by atoms with Gasteiger partial charge in [0.05, 0.1) is 28.9 Å². The van der Waals surface area contributed by atoms with E-state index in [1.807, 2.05) is 11.0 Å². The van der Waals surface area contributed by atoms with Crippen LogP contribution < -0.4 is 15.5 Å². The lowest BCUT2D eigenvalue weighted by Crippen LogP contribution is -2.39. The van der Waals surface area contributed by atoms with Gasteiger partial charge in [-0.25, -0.2) is 9.18 Å². The Morgan fingerprint density at radius 2 is 2.09 bits per heavy atom. The van der Waals surface area contributed by atoms with Crippen molar-refractivity contribution in [2.75, 3.05) is 36.0 Å². The monoisotopic (exact) mass is 480 g/mol. The van der Waals surface area contributed by atoms with Crippen molar-refractivity contribution in [3.8, 4) is 6.07 Å². The number of cyclic esters (lactones) is 1. The Balaban J connectivity index is 1.63. The molecule has 0 aliphatic carbocycles. The highest BCUT2D eigenvalue weighted by Crippen LogP contribution is 2.32. The first-order valence-corrected chi connectivity index (χ1v) is 11.7. The number of nitrogens with zero attached hydrogens (tertiary/aromatic N) is 3. The van der Waals surface area contributed by atoms with E-state index in [9.17, 15) is 22.4 Å². The summed E-state index contributed by atoms with van der Waals surface area (Å²) >= 11 is 0. The summed E-state index contributed by atoms with van der Waals surface area (Å²) in [5.41, 5.74) is 5.88. The number of amides is 2. The number of carbonyl (C=O) groups is 2. The Bertz CT molecular complexity index is 1090.